The van der Waals surface area contributed by atoms with Gasteiger partial charge in [-0.2, -0.15) is 5.26 Å². The molecule has 2 heterocycles. The lowest BCUT2D eigenvalue weighted by molar-refractivity contribution is -0.122. The predicted octanol–water partition coefficient (Wildman–Crippen LogP) is 2.00. The number of carbonyl (C=O) groups excluding carboxylic acids is 1. The average molecular weight is 349 g/mol. The van der Waals surface area contributed by atoms with Crippen molar-refractivity contribution >= 4 is 11.7 Å². The van der Waals surface area contributed by atoms with E-state index in [1.807, 2.05) is 30.3 Å². The molecule has 1 atom stereocenters. The van der Waals surface area contributed by atoms with Crippen LogP contribution in [0.2, 0.25) is 0 Å². The summed E-state index contributed by atoms with van der Waals surface area (Å²) in [5, 5.41) is 15.3. The maximum absolute atomic E-state index is 12.1. The molecule has 0 spiro atoms. The predicted molar refractivity (Wildman–Crippen MR) is 100 cm³/mol. The average Bonchev–Trinajstić information content (AvgIpc) is 3.13. The molecule has 0 aliphatic carbocycles. The molecule has 26 heavy (non-hydrogen) atoms. The molecule has 6 heteroatoms. The highest BCUT2D eigenvalue weighted by Gasteiger charge is 2.24. The summed E-state index contributed by atoms with van der Waals surface area (Å²) in [7, 11) is 0. The van der Waals surface area contributed by atoms with Gasteiger partial charge in [0.1, 0.15) is 11.9 Å². The number of hydrogen-bond donors (Lipinski definition) is 2. The highest BCUT2D eigenvalue weighted by Crippen LogP contribution is 2.17. The number of nitriles is 1. The smallest absolute Gasteiger partial charge is 0.234 e. The van der Waals surface area contributed by atoms with Crippen LogP contribution in [0.1, 0.15) is 17.5 Å². The molecular formula is C20H23N5O. The van der Waals surface area contributed by atoms with E-state index in [0.717, 1.165) is 31.6 Å². The Kier molecular flexibility index (Phi) is 6.18. The third kappa shape index (κ3) is 5.04. The number of rotatable bonds is 7. The van der Waals surface area contributed by atoms with Crippen molar-refractivity contribution in [3.8, 4) is 6.07 Å². The molecule has 1 fully saturated rings. The van der Waals surface area contributed by atoms with Gasteiger partial charge in [-0.05, 0) is 36.6 Å². The first-order valence-corrected chi connectivity index (χ1v) is 8.86. The van der Waals surface area contributed by atoms with Crippen molar-refractivity contribution in [1.29, 1.82) is 5.26 Å². The number of pyridine rings is 1. The van der Waals surface area contributed by atoms with E-state index >= 15 is 0 Å². The maximum Gasteiger partial charge on any atom is 0.234 e. The Labute approximate surface area is 153 Å². The molecule has 0 saturated carbocycles. The number of aromatic nitrogens is 1. The first-order valence-electron chi connectivity index (χ1n) is 8.86. The van der Waals surface area contributed by atoms with E-state index in [1.165, 1.54) is 0 Å². The Morgan fingerprint density at radius 2 is 2.12 bits per heavy atom. The van der Waals surface area contributed by atoms with E-state index in [9.17, 15) is 4.79 Å². The first kappa shape index (κ1) is 17.9. The second kappa shape index (κ2) is 8.97. The van der Waals surface area contributed by atoms with E-state index < -0.39 is 0 Å². The van der Waals surface area contributed by atoms with Crippen LogP contribution in [0.3, 0.4) is 0 Å². The van der Waals surface area contributed by atoms with Gasteiger partial charge in [-0.25, -0.2) is 4.98 Å². The summed E-state index contributed by atoms with van der Waals surface area (Å²) in [6.07, 6.45) is 2.72. The number of carbonyl (C=O) groups is 1. The fourth-order valence-electron chi connectivity index (χ4n) is 3.16. The van der Waals surface area contributed by atoms with Gasteiger partial charge < -0.3 is 10.6 Å². The summed E-state index contributed by atoms with van der Waals surface area (Å²) >= 11 is 0. The van der Waals surface area contributed by atoms with Crippen molar-refractivity contribution in [2.24, 2.45) is 5.92 Å². The van der Waals surface area contributed by atoms with Crippen LogP contribution in [0.25, 0.3) is 0 Å². The zero-order chi connectivity index (χ0) is 18.2. The Morgan fingerprint density at radius 1 is 1.27 bits per heavy atom. The van der Waals surface area contributed by atoms with Gasteiger partial charge in [-0.1, -0.05) is 30.3 Å². The van der Waals surface area contributed by atoms with E-state index in [2.05, 4.69) is 26.6 Å². The summed E-state index contributed by atoms with van der Waals surface area (Å²) in [5.74, 6) is 1.14. The molecule has 2 aromatic rings. The number of nitrogens with zero attached hydrogens (tertiary/aromatic N) is 3. The second-order valence-corrected chi connectivity index (χ2v) is 6.54. The van der Waals surface area contributed by atoms with E-state index in [4.69, 9.17) is 5.26 Å². The van der Waals surface area contributed by atoms with Crippen LogP contribution < -0.4 is 10.6 Å². The Morgan fingerprint density at radius 3 is 2.92 bits per heavy atom. The topological polar surface area (TPSA) is 81.1 Å². The molecule has 1 aliphatic heterocycles. The number of benzene rings is 1. The SMILES string of the molecule is N#Cc1cccnc1NC[C@@H]1CCN(CC(=O)NCc2ccccc2)C1. The summed E-state index contributed by atoms with van der Waals surface area (Å²) < 4.78 is 0. The molecule has 1 saturated heterocycles. The summed E-state index contributed by atoms with van der Waals surface area (Å²) in [6.45, 7) is 3.54. The molecule has 1 aromatic heterocycles. The number of anilines is 1. The van der Waals surface area contributed by atoms with E-state index in [-0.39, 0.29) is 5.91 Å². The van der Waals surface area contributed by atoms with Gasteiger partial charge in [0.15, 0.2) is 0 Å². The molecule has 0 bridgehead atoms. The zero-order valence-corrected chi connectivity index (χ0v) is 14.7. The fraction of sp³-hybridized carbons (Fsp3) is 0.350. The van der Waals surface area contributed by atoms with Gasteiger partial charge >= 0.3 is 0 Å². The summed E-state index contributed by atoms with van der Waals surface area (Å²) in [5.41, 5.74) is 1.66. The van der Waals surface area contributed by atoms with Crippen LogP contribution in [0, 0.1) is 17.2 Å². The van der Waals surface area contributed by atoms with Gasteiger partial charge in [-0.3, -0.25) is 9.69 Å². The van der Waals surface area contributed by atoms with Gasteiger partial charge in [0.25, 0.3) is 0 Å². The summed E-state index contributed by atoms with van der Waals surface area (Å²) in [4.78, 5) is 18.5. The molecule has 3 rings (SSSR count). The van der Waals surface area contributed by atoms with Crippen molar-refractivity contribution < 1.29 is 4.79 Å². The lowest BCUT2D eigenvalue weighted by Gasteiger charge is -2.16. The number of amides is 1. The molecule has 1 aromatic carbocycles. The molecule has 1 amide bonds. The molecular weight excluding hydrogens is 326 g/mol. The molecule has 1 aliphatic rings. The summed E-state index contributed by atoms with van der Waals surface area (Å²) in [6, 6.07) is 15.6. The van der Waals surface area contributed by atoms with Gasteiger partial charge in [0.05, 0.1) is 12.1 Å². The molecule has 134 valence electrons. The minimum absolute atomic E-state index is 0.0546. The van der Waals surface area contributed by atoms with Crippen molar-refractivity contribution in [1.82, 2.24) is 15.2 Å². The lowest BCUT2D eigenvalue weighted by Crippen LogP contribution is -2.36. The van der Waals surface area contributed by atoms with Gasteiger partial charge in [0, 0.05) is 25.8 Å². The van der Waals surface area contributed by atoms with Crippen LogP contribution in [0.5, 0.6) is 0 Å². The van der Waals surface area contributed by atoms with Crippen LogP contribution in [-0.2, 0) is 11.3 Å². The monoisotopic (exact) mass is 349 g/mol. The van der Waals surface area contributed by atoms with Crippen molar-refractivity contribution in [2.75, 3.05) is 31.5 Å². The highest BCUT2D eigenvalue weighted by atomic mass is 16.2. The third-order valence-corrected chi connectivity index (χ3v) is 4.56. The highest BCUT2D eigenvalue weighted by molar-refractivity contribution is 5.78. The molecule has 0 radical (unpaired) electrons. The quantitative estimate of drug-likeness (QED) is 0.799. The minimum atomic E-state index is 0.0546. The lowest BCUT2D eigenvalue weighted by atomic mass is 10.1. The first-order chi connectivity index (χ1) is 12.7. The van der Waals surface area contributed by atoms with Crippen LogP contribution >= 0.6 is 0 Å². The number of likely N-dealkylation sites (tertiary alicyclic amines) is 1. The molecule has 2 N–H and O–H groups in total. The largest absolute Gasteiger partial charge is 0.369 e. The number of nitrogens with one attached hydrogen (secondary N) is 2. The third-order valence-electron chi connectivity index (χ3n) is 4.56. The van der Waals surface area contributed by atoms with Crippen LogP contribution in [-0.4, -0.2) is 42.0 Å². The minimum Gasteiger partial charge on any atom is -0.369 e. The number of hydrogen-bond acceptors (Lipinski definition) is 5. The van der Waals surface area contributed by atoms with Crippen molar-refractivity contribution in [3.63, 3.8) is 0 Å². The second-order valence-electron chi connectivity index (χ2n) is 6.54. The molecule has 6 nitrogen and oxygen atoms in total. The molecule has 0 unspecified atom stereocenters. The van der Waals surface area contributed by atoms with E-state index in [1.54, 1.807) is 18.3 Å². The Bertz CT molecular complexity index is 771. The fourth-order valence-corrected chi connectivity index (χ4v) is 3.16. The normalized spacial score (nSPS) is 16.8. The van der Waals surface area contributed by atoms with Crippen LogP contribution in [0.15, 0.2) is 48.7 Å². The standard InChI is InChI=1S/C20H23N5O/c21-11-18-7-4-9-22-20(18)24-13-17-8-10-25(14-17)15-19(26)23-12-16-5-2-1-3-6-16/h1-7,9,17H,8,10,12-15H2,(H,22,24)(H,23,26)/t17-/m0/s1. The Balaban J connectivity index is 1.39. The van der Waals surface area contributed by atoms with Crippen molar-refractivity contribution in [3.05, 3.63) is 59.8 Å². The Hall–Kier alpha value is -2.91. The van der Waals surface area contributed by atoms with Crippen molar-refractivity contribution in [2.45, 2.75) is 13.0 Å². The van der Waals surface area contributed by atoms with Crippen LogP contribution in [0.4, 0.5) is 5.82 Å². The van der Waals surface area contributed by atoms with Gasteiger partial charge in [0.2, 0.25) is 5.91 Å². The maximum atomic E-state index is 12.1. The van der Waals surface area contributed by atoms with E-state index in [0.29, 0.717) is 30.4 Å². The zero-order valence-electron chi connectivity index (χ0n) is 14.7. The van der Waals surface area contributed by atoms with Gasteiger partial charge in [-0.15, -0.1) is 0 Å².